The molecule has 1 aromatic heterocycles. The number of alkyl halides is 3. The van der Waals surface area contributed by atoms with E-state index in [2.05, 4.69) is 4.42 Å². The maximum Gasteiger partial charge on any atom is 0.414 e. The highest BCUT2D eigenvalue weighted by atomic mass is 19.4. The first-order valence-corrected chi connectivity index (χ1v) is 3.26. The van der Waals surface area contributed by atoms with Crippen LogP contribution in [0, 0.1) is 0 Å². The summed E-state index contributed by atoms with van der Waals surface area (Å²) in [5.74, 6) is 0. The molecule has 0 fully saturated rings. The van der Waals surface area contributed by atoms with Gasteiger partial charge in [-0.3, -0.25) is 0 Å². The summed E-state index contributed by atoms with van der Waals surface area (Å²) in [6.07, 6.45) is -4.89. The fourth-order valence-corrected chi connectivity index (χ4v) is 0.748. The minimum Gasteiger partial charge on any atom is -0.472 e. The van der Waals surface area contributed by atoms with Crippen molar-refractivity contribution >= 4 is 0 Å². The Morgan fingerprint density at radius 2 is 2.17 bits per heavy atom. The normalized spacial score (nSPS) is 14.7. The Bertz CT molecular complexity index is 227. The van der Waals surface area contributed by atoms with Crippen LogP contribution in [0.4, 0.5) is 13.2 Å². The van der Waals surface area contributed by atoms with E-state index in [4.69, 9.17) is 5.11 Å². The van der Waals surface area contributed by atoms with Crippen molar-refractivity contribution in [1.82, 2.24) is 0 Å². The zero-order valence-corrected chi connectivity index (χ0v) is 6.01. The minimum absolute atomic E-state index is 0.333. The van der Waals surface area contributed by atoms with Crippen LogP contribution in [0.2, 0.25) is 0 Å². The molecule has 0 bridgehead atoms. The molecule has 0 radical (unpaired) electrons. The molecule has 5 heteroatoms. The van der Waals surface area contributed by atoms with Gasteiger partial charge < -0.3 is 9.52 Å². The Labute approximate surface area is 66.6 Å². The van der Waals surface area contributed by atoms with Crippen LogP contribution in [0.3, 0.4) is 0 Å². The molecule has 1 aromatic rings. The Balaban J connectivity index is 2.53. The maximum absolute atomic E-state index is 11.8. The van der Waals surface area contributed by atoms with Gasteiger partial charge in [-0.1, -0.05) is 0 Å². The van der Waals surface area contributed by atoms with Gasteiger partial charge in [0.25, 0.3) is 0 Å². The summed E-state index contributed by atoms with van der Waals surface area (Å²) in [7, 11) is 0. The Hall–Kier alpha value is -0.970. The van der Waals surface area contributed by atoms with Crippen LogP contribution in [0.25, 0.3) is 0 Å². The van der Waals surface area contributed by atoms with E-state index in [1.165, 1.54) is 18.6 Å². The van der Waals surface area contributed by atoms with Gasteiger partial charge in [-0.05, 0) is 11.6 Å². The van der Waals surface area contributed by atoms with E-state index >= 15 is 0 Å². The van der Waals surface area contributed by atoms with Gasteiger partial charge in [-0.2, -0.15) is 13.2 Å². The molecule has 1 atom stereocenters. The summed E-state index contributed by atoms with van der Waals surface area (Å²) in [6, 6.07) is 1.38. The average Bonchev–Trinajstić information content (AvgIpc) is 2.37. The van der Waals surface area contributed by atoms with Crippen LogP contribution >= 0.6 is 0 Å². The molecule has 2 nitrogen and oxygen atoms in total. The Kier molecular flexibility index (Phi) is 2.42. The summed E-state index contributed by atoms with van der Waals surface area (Å²) in [6.45, 7) is 0. The zero-order chi connectivity index (χ0) is 9.19. The van der Waals surface area contributed by atoms with Crippen LogP contribution in [-0.2, 0) is 6.42 Å². The fourth-order valence-electron chi connectivity index (χ4n) is 0.748. The molecule has 0 saturated heterocycles. The van der Waals surface area contributed by atoms with Crippen LogP contribution in [0.5, 0.6) is 0 Å². The first kappa shape index (κ1) is 9.12. The summed E-state index contributed by atoms with van der Waals surface area (Å²) in [4.78, 5) is 0. The predicted molar refractivity (Wildman–Crippen MR) is 34.5 cm³/mol. The molecule has 0 aliphatic rings. The number of aliphatic hydroxyl groups excluding tert-OH is 1. The van der Waals surface area contributed by atoms with E-state index in [-0.39, 0.29) is 0 Å². The van der Waals surface area contributed by atoms with Crippen molar-refractivity contribution in [3.8, 4) is 0 Å². The molecule has 0 amide bonds. The van der Waals surface area contributed by atoms with Gasteiger partial charge in [-0.25, -0.2) is 0 Å². The van der Waals surface area contributed by atoms with E-state index in [0.29, 0.717) is 5.56 Å². The maximum atomic E-state index is 11.8. The summed E-state index contributed by atoms with van der Waals surface area (Å²) in [5, 5.41) is 8.59. The van der Waals surface area contributed by atoms with E-state index in [1.807, 2.05) is 0 Å². The highest BCUT2D eigenvalue weighted by Gasteiger charge is 2.38. The molecule has 0 aliphatic heterocycles. The van der Waals surface area contributed by atoms with Gasteiger partial charge in [0, 0.05) is 6.42 Å². The second-order valence-corrected chi connectivity index (χ2v) is 2.39. The van der Waals surface area contributed by atoms with Crippen molar-refractivity contribution in [3.05, 3.63) is 24.2 Å². The highest BCUT2D eigenvalue weighted by Crippen LogP contribution is 2.22. The highest BCUT2D eigenvalue weighted by molar-refractivity contribution is 5.07. The van der Waals surface area contributed by atoms with Crippen molar-refractivity contribution in [2.45, 2.75) is 18.7 Å². The molecule has 1 heterocycles. The number of hydrogen-bond acceptors (Lipinski definition) is 2. The van der Waals surface area contributed by atoms with Crippen molar-refractivity contribution < 1.29 is 22.7 Å². The topological polar surface area (TPSA) is 33.4 Å². The number of rotatable bonds is 2. The third-order valence-electron chi connectivity index (χ3n) is 1.39. The van der Waals surface area contributed by atoms with Gasteiger partial charge in [0.2, 0.25) is 0 Å². The molecular formula is C7H7F3O2. The lowest BCUT2D eigenvalue weighted by Gasteiger charge is -2.12. The standard InChI is InChI=1S/C7H7F3O2/c8-7(9,10)6(11)3-5-1-2-12-4-5/h1-2,4,6,11H,3H2. The first-order chi connectivity index (χ1) is 5.50. The Morgan fingerprint density at radius 1 is 1.50 bits per heavy atom. The van der Waals surface area contributed by atoms with Gasteiger partial charge in [0.15, 0.2) is 6.10 Å². The third-order valence-corrected chi connectivity index (χ3v) is 1.39. The monoisotopic (exact) mass is 180 g/mol. The molecule has 12 heavy (non-hydrogen) atoms. The minimum atomic E-state index is -4.56. The molecule has 68 valence electrons. The third kappa shape index (κ3) is 2.27. The van der Waals surface area contributed by atoms with Crippen LogP contribution in [0.15, 0.2) is 23.0 Å². The van der Waals surface area contributed by atoms with E-state index in [9.17, 15) is 13.2 Å². The lowest BCUT2D eigenvalue weighted by atomic mass is 10.1. The zero-order valence-electron chi connectivity index (χ0n) is 6.01. The van der Waals surface area contributed by atoms with Crippen molar-refractivity contribution in [2.24, 2.45) is 0 Å². The predicted octanol–water partition coefficient (Wildman–Crippen LogP) is 1.75. The molecule has 1 rings (SSSR count). The van der Waals surface area contributed by atoms with E-state index < -0.39 is 18.7 Å². The molecular weight excluding hydrogens is 173 g/mol. The van der Waals surface area contributed by atoms with Gasteiger partial charge >= 0.3 is 6.18 Å². The summed E-state index contributed by atoms with van der Waals surface area (Å²) >= 11 is 0. The van der Waals surface area contributed by atoms with Crippen LogP contribution in [0.1, 0.15) is 5.56 Å². The van der Waals surface area contributed by atoms with Crippen molar-refractivity contribution in [1.29, 1.82) is 0 Å². The quantitative estimate of drug-likeness (QED) is 0.752. The van der Waals surface area contributed by atoms with Gasteiger partial charge in [-0.15, -0.1) is 0 Å². The van der Waals surface area contributed by atoms with Crippen LogP contribution < -0.4 is 0 Å². The summed E-state index contributed by atoms with van der Waals surface area (Å²) in [5.41, 5.74) is 0.333. The number of aliphatic hydroxyl groups is 1. The number of halogens is 3. The fraction of sp³-hybridized carbons (Fsp3) is 0.429. The van der Waals surface area contributed by atoms with Gasteiger partial charge in [0.1, 0.15) is 0 Å². The van der Waals surface area contributed by atoms with E-state index in [0.717, 1.165) is 0 Å². The second-order valence-electron chi connectivity index (χ2n) is 2.39. The Morgan fingerprint density at radius 3 is 2.58 bits per heavy atom. The lowest BCUT2D eigenvalue weighted by molar-refractivity contribution is -0.203. The molecule has 1 N–H and O–H groups in total. The first-order valence-electron chi connectivity index (χ1n) is 3.26. The summed E-state index contributed by atoms with van der Waals surface area (Å²) < 4.78 is 39.8. The largest absolute Gasteiger partial charge is 0.472 e. The molecule has 0 spiro atoms. The van der Waals surface area contributed by atoms with Gasteiger partial charge in [0.05, 0.1) is 12.5 Å². The molecule has 1 unspecified atom stereocenters. The molecule has 0 aromatic carbocycles. The van der Waals surface area contributed by atoms with Crippen molar-refractivity contribution in [2.75, 3.05) is 0 Å². The van der Waals surface area contributed by atoms with Crippen molar-refractivity contribution in [3.63, 3.8) is 0 Å². The lowest BCUT2D eigenvalue weighted by Crippen LogP contribution is -2.30. The number of hydrogen-bond donors (Lipinski definition) is 1. The number of furan rings is 1. The van der Waals surface area contributed by atoms with E-state index in [1.54, 1.807) is 0 Å². The molecule has 0 aliphatic carbocycles. The van der Waals surface area contributed by atoms with Crippen LogP contribution in [-0.4, -0.2) is 17.4 Å². The molecule has 0 saturated carbocycles. The smallest absolute Gasteiger partial charge is 0.414 e. The SMILES string of the molecule is OC(Cc1ccoc1)C(F)(F)F. The second kappa shape index (κ2) is 3.18. The average molecular weight is 180 g/mol.